The molecule has 9 heteroatoms. The topological polar surface area (TPSA) is 85.2 Å². The number of rotatable bonds is 3. The van der Waals surface area contributed by atoms with Crippen molar-refractivity contribution in [3.8, 4) is 11.1 Å². The monoisotopic (exact) mass is 392 g/mol. The highest BCUT2D eigenvalue weighted by Gasteiger charge is 2.27. The maximum Gasteiger partial charge on any atom is 0.410 e. The highest BCUT2D eigenvalue weighted by Crippen LogP contribution is 2.28. The van der Waals surface area contributed by atoms with E-state index in [1.807, 2.05) is 34.0 Å². The number of piperidine rings is 1. The van der Waals surface area contributed by atoms with Gasteiger partial charge in [0.05, 0.1) is 6.20 Å². The standard InChI is InChI=1S/C18H25ClN6O2/c1-18(2,3)27-17(26)25-7-5-13(6-8-25)22-15-14(10-20-16(19)23-15)12-9-21-24(4)11-12/h9-11,13H,5-8H2,1-4H3,(H,20,22,23). The van der Waals surface area contributed by atoms with E-state index in [-0.39, 0.29) is 17.4 Å². The van der Waals surface area contributed by atoms with Crippen LogP contribution in [0.3, 0.4) is 0 Å². The fraction of sp³-hybridized carbons (Fsp3) is 0.556. The third-order valence-corrected chi connectivity index (χ3v) is 4.44. The van der Waals surface area contributed by atoms with E-state index in [0.29, 0.717) is 18.9 Å². The second-order valence-corrected chi connectivity index (χ2v) is 8.03. The number of ether oxygens (including phenoxy) is 1. The number of anilines is 1. The molecule has 2 aromatic heterocycles. The average molecular weight is 393 g/mol. The fourth-order valence-corrected chi connectivity index (χ4v) is 3.10. The summed E-state index contributed by atoms with van der Waals surface area (Å²) < 4.78 is 7.17. The number of nitrogens with one attached hydrogen (secondary N) is 1. The summed E-state index contributed by atoms with van der Waals surface area (Å²) in [7, 11) is 1.86. The van der Waals surface area contributed by atoms with Gasteiger partial charge in [0.2, 0.25) is 5.28 Å². The molecular weight excluding hydrogens is 368 g/mol. The quantitative estimate of drug-likeness (QED) is 0.806. The fourth-order valence-electron chi connectivity index (χ4n) is 2.97. The highest BCUT2D eigenvalue weighted by molar-refractivity contribution is 6.28. The Balaban J connectivity index is 1.66. The summed E-state index contributed by atoms with van der Waals surface area (Å²) in [6.45, 7) is 6.88. The second kappa shape index (κ2) is 7.72. The van der Waals surface area contributed by atoms with Gasteiger partial charge in [-0.2, -0.15) is 5.10 Å². The van der Waals surface area contributed by atoms with Gasteiger partial charge in [0, 0.05) is 49.7 Å². The van der Waals surface area contributed by atoms with Crippen LogP contribution in [0.2, 0.25) is 5.28 Å². The molecule has 3 heterocycles. The van der Waals surface area contributed by atoms with E-state index in [9.17, 15) is 4.79 Å². The average Bonchev–Trinajstić information content (AvgIpc) is 3.00. The van der Waals surface area contributed by atoms with E-state index in [1.165, 1.54) is 0 Å². The van der Waals surface area contributed by atoms with Gasteiger partial charge in [-0.05, 0) is 45.2 Å². The molecule has 2 aromatic rings. The van der Waals surface area contributed by atoms with Gasteiger partial charge >= 0.3 is 6.09 Å². The molecular formula is C18H25ClN6O2. The molecule has 0 radical (unpaired) electrons. The summed E-state index contributed by atoms with van der Waals surface area (Å²) in [4.78, 5) is 22.4. The number of halogens is 1. The van der Waals surface area contributed by atoms with Crippen molar-refractivity contribution in [1.82, 2.24) is 24.6 Å². The Morgan fingerprint density at radius 1 is 1.30 bits per heavy atom. The molecule has 0 saturated carbocycles. The molecule has 1 saturated heterocycles. The maximum atomic E-state index is 12.2. The molecule has 27 heavy (non-hydrogen) atoms. The molecule has 1 amide bonds. The first-order chi connectivity index (χ1) is 12.7. The number of carbonyl (C=O) groups is 1. The summed E-state index contributed by atoms with van der Waals surface area (Å²) in [5, 5.41) is 7.85. The summed E-state index contributed by atoms with van der Waals surface area (Å²) in [6, 6.07) is 0.185. The predicted molar refractivity (Wildman–Crippen MR) is 104 cm³/mol. The third-order valence-electron chi connectivity index (χ3n) is 4.26. The van der Waals surface area contributed by atoms with Gasteiger partial charge in [0.15, 0.2) is 0 Å². The summed E-state index contributed by atoms with van der Waals surface area (Å²) in [6.07, 6.45) is 6.71. The third kappa shape index (κ3) is 5.09. The number of hydrogen-bond donors (Lipinski definition) is 1. The molecule has 0 aliphatic carbocycles. The Hall–Kier alpha value is -2.35. The minimum atomic E-state index is -0.484. The normalized spacial score (nSPS) is 15.7. The van der Waals surface area contributed by atoms with E-state index in [1.54, 1.807) is 22.0 Å². The van der Waals surface area contributed by atoms with Gasteiger partial charge in [-0.15, -0.1) is 0 Å². The van der Waals surface area contributed by atoms with Crippen LogP contribution in [0.15, 0.2) is 18.6 Å². The lowest BCUT2D eigenvalue weighted by Crippen LogP contribution is -2.44. The molecule has 1 aliphatic rings. The molecule has 0 atom stereocenters. The lowest BCUT2D eigenvalue weighted by atomic mass is 10.0. The first-order valence-corrected chi connectivity index (χ1v) is 9.35. The Morgan fingerprint density at radius 3 is 2.59 bits per heavy atom. The van der Waals surface area contributed by atoms with E-state index in [2.05, 4.69) is 20.4 Å². The molecule has 1 fully saturated rings. The van der Waals surface area contributed by atoms with E-state index in [0.717, 1.165) is 24.0 Å². The largest absolute Gasteiger partial charge is 0.444 e. The van der Waals surface area contributed by atoms with E-state index < -0.39 is 5.60 Å². The van der Waals surface area contributed by atoms with Gasteiger partial charge in [0.25, 0.3) is 0 Å². The number of carbonyl (C=O) groups excluding carboxylic acids is 1. The zero-order chi connectivity index (χ0) is 19.6. The molecule has 0 bridgehead atoms. The lowest BCUT2D eigenvalue weighted by molar-refractivity contribution is 0.0210. The molecule has 0 aromatic carbocycles. The van der Waals surface area contributed by atoms with Crippen molar-refractivity contribution >= 4 is 23.5 Å². The molecule has 1 aliphatic heterocycles. The number of nitrogens with zero attached hydrogens (tertiary/aromatic N) is 5. The molecule has 146 valence electrons. The minimum Gasteiger partial charge on any atom is -0.444 e. The van der Waals surface area contributed by atoms with Crippen LogP contribution in [-0.2, 0) is 11.8 Å². The first kappa shape index (κ1) is 19.4. The molecule has 1 N–H and O–H groups in total. The number of likely N-dealkylation sites (tertiary alicyclic amines) is 1. The molecule has 8 nitrogen and oxygen atoms in total. The first-order valence-electron chi connectivity index (χ1n) is 8.97. The van der Waals surface area contributed by atoms with E-state index in [4.69, 9.17) is 16.3 Å². The van der Waals surface area contributed by atoms with Gasteiger partial charge in [-0.3, -0.25) is 4.68 Å². The Morgan fingerprint density at radius 2 is 2.00 bits per heavy atom. The van der Waals surface area contributed by atoms with Crippen molar-refractivity contribution < 1.29 is 9.53 Å². The van der Waals surface area contributed by atoms with E-state index >= 15 is 0 Å². The van der Waals surface area contributed by atoms with Crippen LogP contribution in [-0.4, -0.2) is 55.5 Å². The van der Waals surface area contributed by atoms with Crippen molar-refractivity contribution in [1.29, 1.82) is 0 Å². The Labute approximate surface area is 163 Å². The lowest BCUT2D eigenvalue weighted by Gasteiger charge is -2.34. The van der Waals surface area contributed by atoms with Crippen molar-refractivity contribution in [2.45, 2.75) is 45.3 Å². The predicted octanol–water partition coefficient (Wildman–Crippen LogP) is 3.34. The molecule has 0 spiro atoms. The SMILES string of the molecule is Cn1cc(-c2cnc(Cl)nc2NC2CCN(C(=O)OC(C)(C)C)CC2)cn1. The van der Waals surface area contributed by atoms with Crippen LogP contribution < -0.4 is 5.32 Å². The molecule has 3 rings (SSSR count). The van der Waals surface area contributed by atoms with Crippen molar-refractivity contribution in [2.24, 2.45) is 7.05 Å². The number of amides is 1. The van der Waals surface area contributed by atoms with Crippen molar-refractivity contribution in [3.05, 3.63) is 23.9 Å². The minimum absolute atomic E-state index is 0.185. The Bertz CT molecular complexity index is 808. The van der Waals surface area contributed by atoms with Crippen LogP contribution in [0.4, 0.5) is 10.6 Å². The van der Waals surface area contributed by atoms with Crippen LogP contribution in [0.5, 0.6) is 0 Å². The van der Waals surface area contributed by atoms with Gasteiger partial charge in [0.1, 0.15) is 11.4 Å². The number of hydrogen-bond acceptors (Lipinski definition) is 6. The van der Waals surface area contributed by atoms with Gasteiger partial charge in [-0.25, -0.2) is 14.8 Å². The van der Waals surface area contributed by atoms with Gasteiger partial charge < -0.3 is 15.0 Å². The zero-order valence-electron chi connectivity index (χ0n) is 16.1. The summed E-state index contributed by atoms with van der Waals surface area (Å²) in [5.74, 6) is 0.679. The second-order valence-electron chi connectivity index (χ2n) is 7.69. The zero-order valence-corrected chi connectivity index (χ0v) is 16.8. The highest BCUT2D eigenvalue weighted by atomic mass is 35.5. The Kier molecular flexibility index (Phi) is 5.55. The summed E-state index contributed by atoms with van der Waals surface area (Å²) >= 11 is 6.00. The van der Waals surface area contributed by atoms with Gasteiger partial charge in [-0.1, -0.05) is 0 Å². The summed E-state index contributed by atoms with van der Waals surface area (Å²) in [5.41, 5.74) is 1.28. The van der Waals surface area contributed by atoms with Crippen molar-refractivity contribution in [3.63, 3.8) is 0 Å². The van der Waals surface area contributed by atoms with Crippen molar-refractivity contribution in [2.75, 3.05) is 18.4 Å². The van der Waals surface area contributed by atoms with Crippen LogP contribution >= 0.6 is 11.6 Å². The number of aryl methyl sites for hydroxylation is 1. The van der Waals surface area contributed by atoms with Crippen LogP contribution in [0.25, 0.3) is 11.1 Å². The maximum absolute atomic E-state index is 12.2. The van der Waals surface area contributed by atoms with Crippen LogP contribution in [0.1, 0.15) is 33.6 Å². The number of aromatic nitrogens is 4. The molecule has 0 unspecified atom stereocenters. The van der Waals surface area contributed by atoms with Crippen LogP contribution in [0, 0.1) is 0 Å². The smallest absolute Gasteiger partial charge is 0.410 e.